The van der Waals surface area contributed by atoms with E-state index >= 15 is 0 Å². The summed E-state index contributed by atoms with van der Waals surface area (Å²) in [6, 6.07) is 18.7. The summed E-state index contributed by atoms with van der Waals surface area (Å²) in [4.78, 5) is 58.4. The number of hydrogen-bond donors (Lipinski definition) is 7. The zero-order chi connectivity index (χ0) is 41.7. The van der Waals surface area contributed by atoms with Gasteiger partial charge in [-0.05, 0) is 61.5 Å². The molecule has 8 N–H and O–H groups in total. The summed E-state index contributed by atoms with van der Waals surface area (Å²) < 4.78 is 5.51. The first-order valence-corrected chi connectivity index (χ1v) is 19.7. The molecule has 14 heteroatoms. The summed E-state index contributed by atoms with van der Waals surface area (Å²) >= 11 is 0. The molecule has 0 bridgehead atoms. The molecule has 2 unspecified atom stereocenters. The highest BCUT2D eigenvalue weighted by Gasteiger charge is 2.38. The minimum Gasteiger partial charge on any atom is -0.445 e. The Bertz CT molecular complexity index is 1830. The topological polar surface area (TPSA) is 207 Å². The molecule has 0 aromatic heterocycles. The largest absolute Gasteiger partial charge is 0.445 e. The maximum Gasteiger partial charge on any atom is 0.408 e. The molecule has 310 valence electrons. The molecule has 4 amide bonds. The van der Waals surface area contributed by atoms with Crippen LogP contribution >= 0.6 is 0 Å². The molecule has 3 aromatic carbocycles. The number of ether oxygens (including phenoxy) is 1. The summed E-state index contributed by atoms with van der Waals surface area (Å²) in [6.45, 7) is 9.01. The van der Waals surface area contributed by atoms with Crippen molar-refractivity contribution in [1.29, 1.82) is 0 Å². The molecule has 0 radical (unpaired) electrons. The second-order valence-electron chi connectivity index (χ2n) is 15.7. The lowest BCUT2D eigenvalue weighted by Crippen LogP contribution is -2.61. The highest BCUT2D eigenvalue weighted by atomic mass is 16.5. The van der Waals surface area contributed by atoms with Crippen molar-refractivity contribution >= 4 is 40.3 Å². The predicted octanol–water partition coefficient (Wildman–Crippen LogP) is 4.22. The van der Waals surface area contributed by atoms with Crippen LogP contribution in [0, 0.1) is 11.8 Å². The Morgan fingerprint density at radius 2 is 1.51 bits per heavy atom. The van der Waals surface area contributed by atoms with Crippen LogP contribution in [0.3, 0.4) is 0 Å². The third-order valence-corrected chi connectivity index (χ3v) is 9.93. The van der Waals surface area contributed by atoms with Gasteiger partial charge in [-0.2, -0.15) is 0 Å². The molecule has 0 saturated carbocycles. The van der Waals surface area contributed by atoms with E-state index in [2.05, 4.69) is 16.0 Å². The van der Waals surface area contributed by atoms with Crippen LogP contribution in [-0.2, 0) is 25.7 Å². The van der Waals surface area contributed by atoms with Crippen LogP contribution in [0.5, 0.6) is 0 Å². The fraction of sp³-hybridized carbons (Fsp3) is 0.488. The second-order valence-corrected chi connectivity index (χ2v) is 15.7. The van der Waals surface area contributed by atoms with E-state index < -0.39 is 54.5 Å². The molecular formula is C43H60N6O8. The maximum absolute atomic E-state index is 14.5. The van der Waals surface area contributed by atoms with Crippen molar-refractivity contribution in [3.8, 4) is 0 Å². The maximum atomic E-state index is 14.5. The summed E-state index contributed by atoms with van der Waals surface area (Å²) in [7, 11) is 0. The SMILES string of the molecule is CC(C)CC[C@H](O)C(NC(=O)[C@H](CC1=CN(C(=O)[C@H](C)N)CN1c1cccc2ccccc12)NC(=O)OCc1ccccc1)C(=O)NC(O)(CCO)CCC(C)C. The summed E-state index contributed by atoms with van der Waals surface area (Å²) in [5.74, 6) is -1.67. The van der Waals surface area contributed by atoms with Crippen LogP contribution in [0.25, 0.3) is 10.8 Å². The summed E-state index contributed by atoms with van der Waals surface area (Å²) in [6.07, 6.45) is 0.309. The molecule has 1 heterocycles. The highest BCUT2D eigenvalue weighted by molar-refractivity contribution is 5.96. The number of anilines is 1. The second kappa shape index (κ2) is 20.9. The van der Waals surface area contributed by atoms with Crippen LogP contribution in [0.2, 0.25) is 0 Å². The minimum atomic E-state index is -1.81. The van der Waals surface area contributed by atoms with Crippen LogP contribution < -0.4 is 26.6 Å². The first kappa shape index (κ1) is 44.7. The molecule has 1 aliphatic heterocycles. The van der Waals surface area contributed by atoms with E-state index in [0.29, 0.717) is 18.5 Å². The molecule has 1 aliphatic rings. The monoisotopic (exact) mass is 788 g/mol. The quantitative estimate of drug-likeness (QED) is 0.0812. The van der Waals surface area contributed by atoms with Gasteiger partial charge in [-0.1, -0.05) is 94.4 Å². The first-order valence-electron chi connectivity index (χ1n) is 19.7. The lowest BCUT2D eigenvalue weighted by molar-refractivity contribution is -0.139. The van der Waals surface area contributed by atoms with Crippen molar-refractivity contribution < 1.29 is 39.2 Å². The lowest BCUT2D eigenvalue weighted by atomic mass is 9.95. The Kier molecular flexibility index (Phi) is 16.4. The number of aliphatic hydroxyl groups is 3. The molecule has 4 rings (SSSR count). The average Bonchev–Trinajstić information content (AvgIpc) is 3.60. The molecule has 5 atom stereocenters. The van der Waals surface area contributed by atoms with Gasteiger partial charge in [0.2, 0.25) is 17.7 Å². The van der Waals surface area contributed by atoms with E-state index in [9.17, 15) is 34.5 Å². The number of nitrogens with zero attached hydrogens (tertiary/aromatic N) is 2. The molecule has 0 saturated heterocycles. The van der Waals surface area contributed by atoms with Gasteiger partial charge in [0, 0.05) is 36.7 Å². The number of benzene rings is 3. The number of hydrogen-bond acceptors (Lipinski definition) is 10. The number of amides is 4. The van der Waals surface area contributed by atoms with E-state index in [4.69, 9.17) is 10.5 Å². The van der Waals surface area contributed by atoms with Crippen LogP contribution in [0.15, 0.2) is 84.7 Å². The number of carbonyl (C=O) groups is 4. The van der Waals surface area contributed by atoms with Crippen molar-refractivity contribution in [3.05, 3.63) is 90.3 Å². The Hall–Kier alpha value is -5.02. The van der Waals surface area contributed by atoms with Crippen LogP contribution in [-0.4, -0.2) is 87.3 Å². The van der Waals surface area contributed by atoms with Gasteiger partial charge in [0.15, 0.2) is 0 Å². The fourth-order valence-electron chi connectivity index (χ4n) is 6.62. The number of fused-ring (bicyclic) bond motifs is 1. The molecule has 0 spiro atoms. The third kappa shape index (κ3) is 13.0. The van der Waals surface area contributed by atoms with Crippen LogP contribution in [0.1, 0.15) is 78.7 Å². The van der Waals surface area contributed by atoms with E-state index in [1.165, 1.54) is 4.90 Å². The number of alkyl carbamates (subject to hydrolysis) is 1. The zero-order valence-corrected chi connectivity index (χ0v) is 33.7. The molecule has 57 heavy (non-hydrogen) atoms. The van der Waals surface area contributed by atoms with Crippen molar-refractivity contribution in [1.82, 2.24) is 20.9 Å². The zero-order valence-electron chi connectivity index (χ0n) is 33.7. The smallest absolute Gasteiger partial charge is 0.408 e. The number of aliphatic hydroxyl groups excluding tert-OH is 2. The predicted molar refractivity (Wildman–Crippen MR) is 219 cm³/mol. The van der Waals surface area contributed by atoms with Crippen molar-refractivity contribution in [3.63, 3.8) is 0 Å². The molecule has 3 aromatic rings. The van der Waals surface area contributed by atoms with Gasteiger partial charge >= 0.3 is 6.09 Å². The van der Waals surface area contributed by atoms with E-state index in [1.807, 2.05) is 81.1 Å². The Labute approximate surface area is 335 Å². The van der Waals surface area contributed by atoms with Crippen molar-refractivity contribution in [2.45, 2.75) is 110 Å². The summed E-state index contributed by atoms with van der Waals surface area (Å²) in [5, 5.41) is 42.3. The minimum absolute atomic E-state index is 0.0786. The summed E-state index contributed by atoms with van der Waals surface area (Å²) in [5.41, 5.74) is 6.16. The number of rotatable bonds is 20. The van der Waals surface area contributed by atoms with E-state index in [0.717, 1.165) is 22.0 Å². The third-order valence-electron chi connectivity index (χ3n) is 9.93. The van der Waals surface area contributed by atoms with Gasteiger partial charge in [0.1, 0.15) is 31.1 Å². The van der Waals surface area contributed by atoms with E-state index in [-0.39, 0.29) is 56.7 Å². The number of carbonyl (C=O) groups excluding carboxylic acids is 4. The van der Waals surface area contributed by atoms with Gasteiger partial charge < -0.3 is 46.6 Å². The molecular weight excluding hydrogens is 729 g/mol. The van der Waals surface area contributed by atoms with Crippen molar-refractivity contribution in [2.75, 3.05) is 18.2 Å². The highest BCUT2D eigenvalue weighted by Crippen LogP contribution is 2.34. The molecule has 14 nitrogen and oxygen atoms in total. The lowest BCUT2D eigenvalue weighted by Gasteiger charge is -2.33. The number of nitrogens with two attached hydrogens (primary N) is 1. The first-order chi connectivity index (χ1) is 27.1. The normalized spacial score (nSPS) is 16.1. The van der Waals surface area contributed by atoms with Gasteiger partial charge in [-0.3, -0.25) is 19.3 Å². The Balaban J connectivity index is 1.71. The molecule has 0 fully saturated rings. The Morgan fingerprint density at radius 1 is 0.842 bits per heavy atom. The fourth-order valence-corrected chi connectivity index (χ4v) is 6.62. The Morgan fingerprint density at radius 3 is 2.18 bits per heavy atom. The van der Waals surface area contributed by atoms with Gasteiger partial charge in [-0.25, -0.2) is 4.79 Å². The molecule has 0 aliphatic carbocycles. The average molecular weight is 789 g/mol. The number of nitrogens with one attached hydrogen (secondary N) is 3. The standard InChI is InChI=1S/C43H60N6O8/c1-28(2)18-19-37(51)38(40(53)47-43(56,22-23-50)21-20-29(3)4)46-39(52)35(45-42(55)57-26-31-12-7-6-8-13-31)24-33-25-48(41(54)30(5)44)27-49(33)36-17-11-15-32-14-9-10-16-34(32)36/h6-17,25,28-30,35,37-38,50-51,56H,18-24,26-27,44H2,1-5H3,(H,45,55)(H,46,52)(H,47,53)/t30-,35-,37-,38?,43?/m0/s1. The van der Waals surface area contributed by atoms with E-state index in [1.54, 1.807) is 37.4 Å². The van der Waals surface area contributed by atoms with Gasteiger partial charge in [-0.15, -0.1) is 0 Å². The van der Waals surface area contributed by atoms with Crippen molar-refractivity contribution in [2.24, 2.45) is 17.6 Å². The van der Waals surface area contributed by atoms with Gasteiger partial charge in [0.25, 0.3) is 0 Å². The van der Waals surface area contributed by atoms with Gasteiger partial charge in [0.05, 0.1) is 17.8 Å². The van der Waals surface area contributed by atoms with Crippen LogP contribution in [0.4, 0.5) is 10.5 Å².